The molecule has 1 aliphatic carbocycles. The lowest BCUT2D eigenvalue weighted by atomic mass is 10.0. The highest BCUT2D eigenvalue weighted by Crippen LogP contribution is 2.29. The van der Waals surface area contributed by atoms with Crippen LogP contribution < -0.4 is 9.62 Å². The number of nitrogens with one attached hydrogen (secondary N) is 1. The van der Waals surface area contributed by atoms with Gasteiger partial charge in [0.2, 0.25) is 15.9 Å². The SMILES string of the molecule is CN1C(=O)CCc2cc(S(=O)(=O)NCC3CCCC3)ccc21. The largest absolute Gasteiger partial charge is 0.315 e. The second-order valence-corrected chi connectivity index (χ2v) is 8.01. The molecule has 2 aliphatic rings. The number of hydrogen-bond acceptors (Lipinski definition) is 3. The third-order valence-electron chi connectivity index (χ3n) is 4.74. The standard InChI is InChI=1S/C16H22N2O3S/c1-18-15-8-7-14(10-13(15)6-9-16(18)19)22(20,21)17-11-12-4-2-3-5-12/h7-8,10,12,17H,2-6,9,11H2,1H3. The summed E-state index contributed by atoms with van der Waals surface area (Å²) >= 11 is 0. The minimum Gasteiger partial charge on any atom is -0.315 e. The molecule has 0 unspecified atom stereocenters. The van der Waals surface area contributed by atoms with Crippen molar-refractivity contribution in [3.05, 3.63) is 23.8 Å². The molecule has 6 heteroatoms. The number of amides is 1. The van der Waals surface area contributed by atoms with Gasteiger partial charge in [0.25, 0.3) is 0 Å². The summed E-state index contributed by atoms with van der Waals surface area (Å²) in [5.41, 5.74) is 1.73. The lowest BCUT2D eigenvalue weighted by molar-refractivity contribution is -0.118. The van der Waals surface area contributed by atoms with Crippen LogP contribution in [0.1, 0.15) is 37.7 Å². The predicted octanol–water partition coefficient (Wildman–Crippen LogP) is 2.06. The number of fused-ring (bicyclic) bond motifs is 1. The molecule has 1 heterocycles. The van der Waals surface area contributed by atoms with Crippen molar-refractivity contribution in [2.75, 3.05) is 18.5 Å². The molecule has 0 saturated heterocycles. The van der Waals surface area contributed by atoms with Crippen LogP contribution in [0.25, 0.3) is 0 Å². The number of aryl methyl sites for hydroxylation is 1. The summed E-state index contributed by atoms with van der Waals surface area (Å²) in [4.78, 5) is 13.6. The lowest BCUT2D eigenvalue weighted by Gasteiger charge is -2.26. The molecule has 1 amide bonds. The first-order chi connectivity index (χ1) is 10.5. The average Bonchev–Trinajstić information content (AvgIpc) is 3.02. The van der Waals surface area contributed by atoms with E-state index in [1.807, 2.05) is 0 Å². The molecule has 0 spiro atoms. The summed E-state index contributed by atoms with van der Waals surface area (Å²) in [6.45, 7) is 0.526. The molecule has 1 saturated carbocycles. The number of rotatable bonds is 4. The first-order valence-corrected chi connectivity index (χ1v) is 9.35. The van der Waals surface area contributed by atoms with Gasteiger partial charge in [-0.3, -0.25) is 4.79 Å². The second-order valence-electron chi connectivity index (χ2n) is 6.25. The molecular weight excluding hydrogens is 300 g/mol. The molecule has 1 aromatic rings. The summed E-state index contributed by atoms with van der Waals surface area (Å²) in [5.74, 6) is 0.540. The highest BCUT2D eigenvalue weighted by Gasteiger charge is 2.24. The van der Waals surface area contributed by atoms with Crippen molar-refractivity contribution in [1.29, 1.82) is 0 Å². The fourth-order valence-corrected chi connectivity index (χ4v) is 4.49. The third kappa shape index (κ3) is 3.03. The van der Waals surface area contributed by atoms with Gasteiger partial charge >= 0.3 is 0 Å². The highest BCUT2D eigenvalue weighted by atomic mass is 32.2. The smallest absolute Gasteiger partial charge is 0.240 e. The summed E-state index contributed by atoms with van der Waals surface area (Å²) in [5, 5.41) is 0. The Morgan fingerprint density at radius 3 is 2.68 bits per heavy atom. The van der Waals surface area contributed by atoms with Crippen LogP contribution in [0.2, 0.25) is 0 Å². The first kappa shape index (κ1) is 15.5. The minimum absolute atomic E-state index is 0.0717. The molecule has 0 atom stereocenters. The van der Waals surface area contributed by atoms with Crippen molar-refractivity contribution in [2.45, 2.75) is 43.4 Å². The van der Waals surface area contributed by atoms with Crippen molar-refractivity contribution in [3.8, 4) is 0 Å². The summed E-state index contributed by atoms with van der Waals surface area (Å²) < 4.78 is 27.6. The van der Waals surface area contributed by atoms with Gasteiger partial charge in [-0.05, 0) is 48.9 Å². The molecule has 1 fully saturated rings. The zero-order valence-electron chi connectivity index (χ0n) is 12.8. The average molecular weight is 322 g/mol. The Hall–Kier alpha value is -1.40. The topological polar surface area (TPSA) is 66.5 Å². The number of hydrogen-bond donors (Lipinski definition) is 1. The maximum atomic E-state index is 12.4. The van der Waals surface area contributed by atoms with Crippen LogP contribution in [0, 0.1) is 5.92 Å². The number of nitrogens with zero attached hydrogens (tertiary/aromatic N) is 1. The highest BCUT2D eigenvalue weighted by molar-refractivity contribution is 7.89. The molecule has 5 nitrogen and oxygen atoms in total. The number of anilines is 1. The molecule has 120 valence electrons. The van der Waals surface area contributed by atoms with Gasteiger partial charge < -0.3 is 4.90 Å². The van der Waals surface area contributed by atoms with Gasteiger partial charge in [-0.15, -0.1) is 0 Å². The van der Waals surface area contributed by atoms with Crippen molar-refractivity contribution in [3.63, 3.8) is 0 Å². The van der Waals surface area contributed by atoms with Crippen molar-refractivity contribution >= 4 is 21.6 Å². The van der Waals surface area contributed by atoms with Crippen molar-refractivity contribution in [1.82, 2.24) is 4.72 Å². The Labute approximate surface area is 131 Å². The van der Waals surface area contributed by atoms with E-state index in [0.29, 0.717) is 30.2 Å². The van der Waals surface area contributed by atoms with Gasteiger partial charge in [-0.25, -0.2) is 13.1 Å². The van der Waals surface area contributed by atoms with E-state index in [4.69, 9.17) is 0 Å². The Kier molecular flexibility index (Phi) is 4.23. The third-order valence-corrected chi connectivity index (χ3v) is 6.16. The zero-order valence-corrected chi connectivity index (χ0v) is 13.7. The van der Waals surface area contributed by atoms with Gasteiger partial charge in [0.15, 0.2) is 0 Å². The molecule has 1 N–H and O–H groups in total. The van der Waals surface area contributed by atoms with Gasteiger partial charge in [0, 0.05) is 25.7 Å². The molecule has 0 bridgehead atoms. The van der Waals surface area contributed by atoms with Crippen LogP contribution in [0.4, 0.5) is 5.69 Å². The number of carbonyl (C=O) groups excluding carboxylic acids is 1. The zero-order chi connectivity index (χ0) is 15.7. The quantitative estimate of drug-likeness (QED) is 0.923. The molecule has 3 rings (SSSR count). The van der Waals surface area contributed by atoms with Crippen molar-refractivity contribution < 1.29 is 13.2 Å². The van der Waals surface area contributed by atoms with E-state index in [1.54, 1.807) is 30.1 Å². The van der Waals surface area contributed by atoms with Gasteiger partial charge in [0.1, 0.15) is 0 Å². The normalized spacial score (nSPS) is 19.5. The fourth-order valence-electron chi connectivity index (χ4n) is 3.33. The molecule has 1 aromatic carbocycles. The van der Waals surface area contributed by atoms with Crippen LogP contribution in [0.5, 0.6) is 0 Å². The Morgan fingerprint density at radius 2 is 1.95 bits per heavy atom. The van der Waals surface area contributed by atoms with E-state index in [0.717, 1.165) is 24.1 Å². The van der Waals surface area contributed by atoms with Crippen LogP contribution in [-0.2, 0) is 21.2 Å². The van der Waals surface area contributed by atoms with Gasteiger partial charge in [-0.1, -0.05) is 12.8 Å². The molecule has 22 heavy (non-hydrogen) atoms. The first-order valence-electron chi connectivity index (χ1n) is 7.86. The molecule has 1 aliphatic heterocycles. The van der Waals surface area contributed by atoms with Gasteiger partial charge in [0.05, 0.1) is 4.90 Å². The minimum atomic E-state index is -3.47. The fraction of sp³-hybridized carbons (Fsp3) is 0.562. The van der Waals surface area contributed by atoms with Crippen LogP contribution in [-0.4, -0.2) is 27.9 Å². The summed E-state index contributed by atoms with van der Waals surface area (Å²) in [6.07, 6.45) is 5.66. The van der Waals surface area contributed by atoms with Crippen LogP contribution in [0.15, 0.2) is 23.1 Å². The Morgan fingerprint density at radius 1 is 1.23 bits per heavy atom. The van der Waals surface area contributed by atoms with Crippen molar-refractivity contribution in [2.24, 2.45) is 5.92 Å². The van der Waals surface area contributed by atoms with Gasteiger partial charge in [-0.2, -0.15) is 0 Å². The molecule has 0 aromatic heterocycles. The van der Waals surface area contributed by atoms with E-state index >= 15 is 0 Å². The molecular formula is C16H22N2O3S. The van der Waals surface area contributed by atoms with Crippen LogP contribution >= 0.6 is 0 Å². The number of sulfonamides is 1. The van der Waals surface area contributed by atoms with E-state index in [2.05, 4.69) is 4.72 Å². The molecule has 0 radical (unpaired) electrons. The van der Waals surface area contributed by atoms with E-state index in [9.17, 15) is 13.2 Å². The van der Waals surface area contributed by atoms with E-state index < -0.39 is 10.0 Å². The Balaban J connectivity index is 1.77. The van der Waals surface area contributed by atoms with E-state index in [1.165, 1.54) is 12.8 Å². The van der Waals surface area contributed by atoms with E-state index in [-0.39, 0.29) is 5.91 Å². The predicted molar refractivity (Wildman–Crippen MR) is 85.3 cm³/mol. The number of carbonyl (C=O) groups is 1. The maximum Gasteiger partial charge on any atom is 0.240 e. The summed E-state index contributed by atoms with van der Waals surface area (Å²) in [6, 6.07) is 5.02. The Bertz CT molecular complexity index is 679. The number of benzene rings is 1. The maximum absolute atomic E-state index is 12.4. The lowest BCUT2D eigenvalue weighted by Crippen LogP contribution is -2.32. The summed E-state index contributed by atoms with van der Waals surface area (Å²) in [7, 11) is -1.74. The van der Waals surface area contributed by atoms with Crippen LogP contribution in [0.3, 0.4) is 0 Å². The second kappa shape index (κ2) is 6.01. The monoisotopic (exact) mass is 322 g/mol.